The van der Waals surface area contributed by atoms with Crippen LogP contribution in [0.1, 0.15) is 66.2 Å². The third kappa shape index (κ3) is 5.09. The van der Waals surface area contributed by atoms with Crippen LogP contribution in [0.4, 0.5) is 0 Å². The molecule has 0 heterocycles. The third-order valence-electron chi connectivity index (χ3n) is 7.70. The van der Waals surface area contributed by atoms with Gasteiger partial charge in [-0.1, -0.05) is 0 Å². The van der Waals surface area contributed by atoms with Gasteiger partial charge in [0.1, 0.15) is 0 Å². The van der Waals surface area contributed by atoms with Crippen LogP contribution in [-0.4, -0.2) is 12.7 Å². The van der Waals surface area contributed by atoms with Crippen LogP contribution in [0, 0.1) is 5.92 Å². The van der Waals surface area contributed by atoms with Crippen LogP contribution in [-0.2, 0) is 17.4 Å². The number of benzene rings is 2. The van der Waals surface area contributed by atoms with Crippen molar-refractivity contribution in [1.82, 2.24) is 3.80 Å². The molecule has 0 saturated heterocycles. The predicted molar refractivity (Wildman–Crippen MR) is 134 cm³/mol. The third-order valence-corrected chi connectivity index (χ3v) is 21.5. The summed E-state index contributed by atoms with van der Waals surface area (Å²) in [6.07, 6.45) is 8.37. The average molecular weight is 465 g/mol. The van der Waals surface area contributed by atoms with Crippen LogP contribution in [0.15, 0.2) is 81.3 Å². The van der Waals surface area contributed by atoms with Crippen LogP contribution in [0.25, 0.3) is 0 Å². The fraction of sp³-hybridized carbons (Fsp3) is 0.429. The molecule has 0 spiro atoms. The van der Waals surface area contributed by atoms with E-state index in [2.05, 4.69) is 92.2 Å². The number of hydrogen-bond acceptors (Lipinski definition) is 1. The molecule has 1 saturated carbocycles. The summed E-state index contributed by atoms with van der Waals surface area (Å²) < 4.78 is 6.32. The standard InChI is InChI=1S/C12H11Si.C9H13.C7H14N.Ti/c1-3-7-11(8-4-1)13-12-9-5-2-6-10-12;1-6-5-7(2)9(4)8(6)3;8-7-5-3-1-2-4-6-7;/h1-10,13H;6H,1-4H3;7-8H,1-6H2;/q;;-1;+1. The van der Waals surface area contributed by atoms with Crippen molar-refractivity contribution in [2.75, 3.05) is 0 Å². The second-order valence-corrected chi connectivity index (χ2v) is 19.4. The zero-order chi connectivity index (χ0) is 21.8. The Labute approximate surface area is 197 Å². The monoisotopic (exact) mass is 464 g/mol. The van der Waals surface area contributed by atoms with E-state index in [-0.39, 0.29) is 0 Å². The molecule has 2 aromatic carbocycles. The first-order valence-electron chi connectivity index (χ1n) is 12.2. The molecule has 1 fully saturated rings. The van der Waals surface area contributed by atoms with Gasteiger partial charge < -0.3 is 0 Å². The Balaban J connectivity index is 1.81. The Morgan fingerprint density at radius 1 is 0.742 bits per heavy atom. The molecule has 1 unspecified atom stereocenters. The summed E-state index contributed by atoms with van der Waals surface area (Å²) in [5.41, 5.74) is 4.78. The molecule has 4 rings (SSSR count). The second kappa shape index (κ2) is 10.6. The van der Waals surface area contributed by atoms with Crippen molar-refractivity contribution >= 4 is 17.0 Å². The summed E-state index contributed by atoms with van der Waals surface area (Å²) in [5, 5.41) is 3.25. The molecule has 2 aliphatic rings. The van der Waals surface area contributed by atoms with Gasteiger partial charge in [-0.3, -0.25) is 0 Å². The van der Waals surface area contributed by atoms with Gasteiger partial charge in [-0.25, -0.2) is 0 Å². The average Bonchev–Trinajstić information content (AvgIpc) is 2.99. The maximum atomic E-state index is 4.48. The number of rotatable bonds is 6. The molecule has 2 aliphatic carbocycles. The Kier molecular flexibility index (Phi) is 7.87. The normalized spacial score (nSPS) is 20.5. The quantitative estimate of drug-likeness (QED) is 0.432. The summed E-state index contributed by atoms with van der Waals surface area (Å²) in [7, 11) is 0. The summed E-state index contributed by atoms with van der Waals surface area (Å²) in [5.74, 6) is 0.607. The second-order valence-electron chi connectivity index (χ2n) is 9.57. The fourth-order valence-corrected chi connectivity index (χ4v) is 21.7. The zero-order valence-corrected chi connectivity index (χ0v) is 22.5. The molecule has 0 radical (unpaired) electrons. The Bertz CT molecular complexity index is 886. The molecule has 1 nitrogen and oxygen atoms in total. The van der Waals surface area contributed by atoms with Crippen molar-refractivity contribution in [2.45, 2.75) is 72.3 Å². The molecule has 31 heavy (non-hydrogen) atoms. The van der Waals surface area contributed by atoms with Crippen LogP contribution < -0.4 is 14.2 Å². The molecule has 0 aliphatic heterocycles. The van der Waals surface area contributed by atoms with Crippen molar-refractivity contribution in [3.05, 3.63) is 81.3 Å². The summed E-state index contributed by atoms with van der Waals surface area (Å²) in [6, 6.07) is 23.8. The van der Waals surface area contributed by atoms with Gasteiger partial charge in [-0.2, -0.15) is 0 Å². The van der Waals surface area contributed by atoms with E-state index in [1.165, 1.54) is 38.5 Å². The van der Waals surface area contributed by atoms with E-state index in [0.717, 1.165) is 0 Å². The first kappa shape index (κ1) is 23.0. The van der Waals surface area contributed by atoms with Crippen molar-refractivity contribution < 1.29 is 17.4 Å². The zero-order valence-electron chi connectivity index (χ0n) is 19.7. The van der Waals surface area contributed by atoms with Crippen LogP contribution >= 0.6 is 0 Å². The maximum absolute atomic E-state index is 4.48. The molecule has 1 atom stereocenters. The Hall–Kier alpha value is -1.19. The van der Waals surface area contributed by atoms with Gasteiger partial charge in [-0.15, -0.1) is 0 Å². The van der Waals surface area contributed by atoms with E-state index in [1.54, 1.807) is 27.1 Å². The predicted octanol–water partition coefficient (Wildman–Crippen LogP) is 5.63. The Morgan fingerprint density at radius 3 is 1.71 bits per heavy atom. The first-order chi connectivity index (χ1) is 15.1. The molecular formula is C28H38NSiTi. The number of nitrogens with one attached hydrogen (secondary N) is 1. The van der Waals surface area contributed by atoms with Crippen molar-refractivity contribution in [3.63, 3.8) is 0 Å². The first-order valence-corrected chi connectivity index (χ1v) is 18.2. The number of allylic oxidation sites excluding steroid dienone is 4. The molecular weight excluding hydrogens is 426 g/mol. The minimum absolute atomic E-state index is 0.607. The van der Waals surface area contributed by atoms with Crippen LogP contribution in [0.5, 0.6) is 0 Å². The summed E-state index contributed by atoms with van der Waals surface area (Å²) in [4.78, 5) is 0. The molecule has 0 aromatic heterocycles. The van der Waals surface area contributed by atoms with Gasteiger partial charge in [0.25, 0.3) is 0 Å². The fourth-order valence-electron chi connectivity index (χ4n) is 5.58. The van der Waals surface area contributed by atoms with E-state index in [1.807, 2.05) is 3.88 Å². The SMILES string of the molecule is CC1=C(C)C(C)[C]([Ti]([NH]C2CCCCCC2)[SiH](c2ccccc2)c2ccccc2)=C1C. The van der Waals surface area contributed by atoms with Crippen molar-refractivity contribution in [2.24, 2.45) is 5.92 Å². The van der Waals surface area contributed by atoms with E-state index >= 15 is 0 Å². The van der Waals surface area contributed by atoms with Gasteiger partial charge in [0.2, 0.25) is 0 Å². The molecule has 0 amide bonds. The molecule has 3 heteroatoms. The number of hydrogen-bond donors (Lipinski definition) is 1. The summed E-state index contributed by atoms with van der Waals surface area (Å²) in [6.45, 7) is 8.27. The van der Waals surface area contributed by atoms with E-state index in [4.69, 9.17) is 0 Å². The van der Waals surface area contributed by atoms with Crippen LogP contribution in [0.3, 0.4) is 0 Å². The van der Waals surface area contributed by atoms with Gasteiger partial charge in [0.05, 0.1) is 0 Å². The van der Waals surface area contributed by atoms with Gasteiger partial charge in [0.15, 0.2) is 0 Å². The van der Waals surface area contributed by atoms with Crippen molar-refractivity contribution in [3.8, 4) is 0 Å². The summed E-state index contributed by atoms with van der Waals surface area (Å²) >= 11 is -1.79. The van der Waals surface area contributed by atoms with E-state index < -0.39 is 24.0 Å². The molecule has 163 valence electrons. The van der Waals surface area contributed by atoms with Gasteiger partial charge in [-0.05, 0) is 0 Å². The van der Waals surface area contributed by atoms with Gasteiger partial charge >= 0.3 is 198 Å². The van der Waals surface area contributed by atoms with Gasteiger partial charge in [0, 0.05) is 0 Å². The van der Waals surface area contributed by atoms with E-state index in [9.17, 15) is 0 Å². The topological polar surface area (TPSA) is 12.0 Å². The molecule has 2 aromatic rings. The molecule has 1 N–H and O–H groups in total. The minimum atomic E-state index is -1.79. The van der Waals surface area contributed by atoms with E-state index in [0.29, 0.717) is 12.0 Å². The van der Waals surface area contributed by atoms with Crippen LogP contribution in [0.2, 0.25) is 0 Å². The van der Waals surface area contributed by atoms with Crippen molar-refractivity contribution in [1.29, 1.82) is 0 Å². The Morgan fingerprint density at radius 2 is 1.26 bits per heavy atom. The molecule has 0 bridgehead atoms.